The average molecular weight is 388 g/mol. The molecule has 0 fully saturated rings. The van der Waals surface area contributed by atoms with Gasteiger partial charge in [0.2, 0.25) is 0 Å². The number of para-hydroxylation sites is 1. The van der Waals surface area contributed by atoms with Crippen molar-refractivity contribution in [2.75, 3.05) is 5.32 Å². The highest BCUT2D eigenvalue weighted by Gasteiger charge is 2.13. The predicted octanol–water partition coefficient (Wildman–Crippen LogP) is 7.25. The first-order chi connectivity index (χ1) is 12.3. The Morgan fingerprint density at radius 3 is 2.36 bits per heavy atom. The largest absolute Gasteiger partial charge is 0.454 e. The summed E-state index contributed by atoms with van der Waals surface area (Å²) in [6.07, 6.45) is 0. The number of rotatable bonds is 2. The van der Waals surface area contributed by atoms with Gasteiger partial charge in [0.25, 0.3) is 0 Å². The van der Waals surface area contributed by atoms with Crippen molar-refractivity contribution in [3.05, 3.63) is 83.3 Å². The Morgan fingerprint density at radius 1 is 0.680 bits per heavy atom. The molecule has 0 aliphatic carbocycles. The molecule has 0 bridgehead atoms. The zero-order valence-electron chi connectivity index (χ0n) is 13.3. The fraction of sp³-hybridized carbons (Fsp3) is 0. The molecule has 1 N–H and O–H groups in total. The predicted molar refractivity (Wildman–Crippen MR) is 109 cm³/mol. The van der Waals surface area contributed by atoms with Crippen LogP contribution in [-0.2, 0) is 0 Å². The van der Waals surface area contributed by atoms with E-state index in [1.807, 2.05) is 18.2 Å². The van der Waals surface area contributed by atoms with Crippen LogP contribution in [-0.4, -0.2) is 0 Å². The summed E-state index contributed by atoms with van der Waals surface area (Å²) in [5, 5.41) is 8.20. The van der Waals surface area contributed by atoms with E-state index in [9.17, 15) is 0 Å². The van der Waals surface area contributed by atoms with Gasteiger partial charge in [-0.15, -0.1) is 0 Å². The van der Waals surface area contributed by atoms with Crippen LogP contribution >= 0.6 is 15.9 Å². The standard InChI is InChI=1S/C22H14BrNO/c23-15-12-18-17-9-3-4-11-21(17)25-22(18)20(13-15)24-19-10-5-7-14-6-1-2-8-16(14)19/h1-13,24H. The van der Waals surface area contributed by atoms with E-state index in [1.54, 1.807) is 0 Å². The Balaban J connectivity index is 1.75. The molecule has 0 saturated carbocycles. The van der Waals surface area contributed by atoms with Crippen molar-refractivity contribution in [3.63, 3.8) is 0 Å². The number of hydrogen-bond acceptors (Lipinski definition) is 2. The molecule has 25 heavy (non-hydrogen) atoms. The Kier molecular flexibility index (Phi) is 3.28. The Bertz CT molecular complexity index is 1230. The third kappa shape index (κ3) is 2.39. The van der Waals surface area contributed by atoms with Crippen molar-refractivity contribution in [1.29, 1.82) is 0 Å². The van der Waals surface area contributed by atoms with Gasteiger partial charge in [-0.25, -0.2) is 0 Å². The minimum atomic E-state index is 0.873. The average Bonchev–Trinajstić information content (AvgIpc) is 3.01. The third-order valence-electron chi connectivity index (χ3n) is 4.50. The molecule has 120 valence electrons. The highest BCUT2D eigenvalue weighted by atomic mass is 79.9. The van der Waals surface area contributed by atoms with Gasteiger partial charge in [-0.1, -0.05) is 70.5 Å². The van der Waals surface area contributed by atoms with Gasteiger partial charge in [0.15, 0.2) is 5.58 Å². The molecule has 0 aliphatic heterocycles. The van der Waals surface area contributed by atoms with Crippen molar-refractivity contribution in [2.45, 2.75) is 0 Å². The summed E-state index contributed by atoms with van der Waals surface area (Å²) in [6.45, 7) is 0. The van der Waals surface area contributed by atoms with Gasteiger partial charge in [-0.05, 0) is 29.7 Å². The highest BCUT2D eigenvalue weighted by Crippen LogP contribution is 2.38. The molecular formula is C22H14BrNO. The lowest BCUT2D eigenvalue weighted by Crippen LogP contribution is -1.92. The number of nitrogens with one attached hydrogen (secondary N) is 1. The molecule has 0 atom stereocenters. The molecule has 3 heteroatoms. The van der Waals surface area contributed by atoms with Gasteiger partial charge in [0, 0.05) is 26.3 Å². The van der Waals surface area contributed by atoms with E-state index in [0.717, 1.165) is 37.8 Å². The maximum absolute atomic E-state index is 6.14. The van der Waals surface area contributed by atoms with E-state index in [2.05, 4.69) is 81.9 Å². The van der Waals surface area contributed by atoms with Crippen LogP contribution in [0.25, 0.3) is 32.7 Å². The number of hydrogen-bond donors (Lipinski definition) is 1. The topological polar surface area (TPSA) is 25.2 Å². The molecule has 1 aromatic heterocycles. The molecule has 0 radical (unpaired) electrons. The van der Waals surface area contributed by atoms with Crippen LogP contribution in [0.2, 0.25) is 0 Å². The SMILES string of the molecule is Brc1cc(Nc2cccc3ccccc23)c2oc3ccccc3c2c1. The molecule has 4 aromatic carbocycles. The highest BCUT2D eigenvalue weighted by molar-refractivity contribution is 9.10. The van der Waals surface area contributed by atoms with Crippen LogP contribution in [0.4, 0.5) is 11.4 Å². The van der Waals surface area contributed by atoms with E-state index in [4.69, 9.17) is 4.42 Å². The number of halogens is 1. The molecule has 0 aliphatic rings. The van der Waals surface area contributed by atoms with Gasteiger partial charge in [0.05, 0.1) is 5.69 Å². The molecule has 5 aromatic rings. The summed E-state index contributed by atoms with van der Waals surface area (Å²) in [7, 11) is 0. The smallest absolute Gasteiger partial charge is 0.158 e. The van der Waals surface area contributed by atoms with Crippen LogP contribution < -0.4 is 5.32 Å². The zero-order valence-corrected chi connectivity index (χ0v) is 14.9. The Labute approximate surface area is 153 Å². The summed E-state index contributed by atoms with van der Waals surface area (Å²) < 4.78 is 7.16. The minimum Gasteiger partial charge on any atom is -0.454 e. The van der Waals surface area contributed by atoms with Gasteiger partial charge >= 0.3 is 0 Å². The van der Waals surface area contributed by atoms with E-state index < -0.39 is 0 Å². The summed E-state index contributed by atoms with van der Waals surface area (Å²) in [5.41, 5.74) is 3.80. The molecular weight excluding hydrogens is 374 g/mol. The first-order valence-corrected chi connectivity index (χ1v) is 8.94. The Morgan fingerprint density at radius 2 is 1.44 bits per heavy atom. The van der Waals surface area contributed by atoms with Crippen LogP contribution in [0.5, 0.6) is 0 Å². The van der Waals surface area contributed by atoms with Gasteiger partial charge in [-0.3, -0.25) is 0 Å². The maximum atomic E-state index is 6.14. The lowest BCUT2D eigenvalue weighted by atomic mass is 10.1. The van der Waals surface area contributed by atoms with Crippen LogP contribution in [0.3, 0.4) is 0 Å². The normalized spacial score (nSPS) is 11.4. The second-order valence-electron chi connectivity index (χ2n) is 6.08. The number of furan rings is 1. The minimum absolute atomic E-state index is 0.873. The summed E-state index contributed by atoms with van der Waals surface area (Å²) in [5.74, 6) is 0. The number of anilines is 2. The van der Waals surface area contributed by atoms with Crippen LogP contribution in [0.1, 0.15) is 0 Å². The number of fused-ring (bicyclic) bond motifs is 4. The van der Waals surface area contributed by atoms with Crippen molar-refractivity contribution in [3.8, 4) is 0 Å². The van der Waals surface area contributed by atoms with Crippen molar-refractivity contribution >= 4 is 60.0 Å². The molecule has 1 heterocycles. The summed E-state index contributed by atoms with van der Waals surface area (Å²) in [6, 6.07) is 27.0. The van der Waals surface area contributed by atoms with E-state index in [-0.39, 0.29) is 0 Å². The summed E-state index contributed by atoms with van der Waals surface area (Å²) in [4.78, 5) is 0. The van der Waals surface area contributed by atoms with E-state index in [0.29, 0.717) is 0 Å². The van der Waals surface area contributed by atoms with Crippen LogP contribution in [0.15, 0.2) is 87.8 Å². The Hall–Kier alpha value is -2.78. The lowest BCUT2D eigenvalue weighted by molar-refractivity contribution is 0.670. The van der Waals surface area contributed by atoms with Gasteiger partial charge < -0.3 is 9.73 Å². The van der Waals surface area contributed by atoms with Crippen molar-refractivity contribution in [2.24, 2.45) is 0 Å². The second-order valence-corrected chi connectivity index (χ2v) is 7.00. The van der Waals surface area contributed by atoms with Crippen LogP contribution in [0, 0.1) is 0 Å². The van der Waals surface area contributed by atoms with Gasteiger partial charge in [-0.2, -0.15) is 0 Å². The first-order valence-electron chi connectivity index (χ1n) is 8.15. The molecule has 5 rings (SSSR count). The van der Waals surface area contributed by atoms with Gasteiger partial charge in [0.1, 0.15) is 5.58 Å². The zero-order chi connectivity index (χ0) is 16.8. The lowest BCUT2D eigenvalue weighted by Gasteiger charge is -2.11. The first kappa shape index (κ1) is 14.6. The van der Waals surface area contributed by atoms with E-state index >= 15 is 0 Å². The fourth-order valence-electron chi connectivity index (χ4n) is 3.36. The fourth-order valence-corrected chi connectivity index (χ4v) is 3.82. The molecule has 2 nitrogen and oxygen atoms in total. The second kappa shape index (κ2) is 5.64. The quantitative estimate of drug-likeness (QED) is 0.345. The van der Waals surface area contributed by atoms with Crippen molar-refractivity contribution in [1.82, 2.24) is 0 Å². The van der Waals surface area contributed by atoms with E-state index in [1.165, 1.54) is 10.8 Å². The number of benzene rings is 4. The van der Waals surface area contributed by atoms with Crippen molar-refractivity contribution < 1.29 is 4.42 Å². The third-order valence-corrected chi connectivity index (χ3v) is 4.96. The molecule has 0 unspecified atom stereocenters. The maximum Gasteiger partial charge on any atom is 0.158 e. The molecule has 0 saturated heterocycles. The molecule has 0 spiro atoms. The summed E-state index contributed by atoms with van der Waals surface area (Å²) >= 11 is 3.64. The monoisotopic (exact) mass is 387 g/mol. The molecule has 0 amide bonds.